The number of benzene rings is 2. The molecule has 4 N–H and O–H groups in total. The fraction of sp³-hybridized carbons (Fsp3) is 0.211. The molecule has 2 rings (SSSR count). The molecule has 2 aromatic carbocycles. The molecule has 0 fully saturated rings. The molecule has 0 aliphatic heterocycles. The van der Waals surface area contributed by atoms with Crippen molar-refractivity contribution in [3.05, 3.63) is 65.5 Å². The van der Waals surface area contributed by atoms with Crippen molar-refractivity contribution in [1.82, 2.24) is 5.32 Å². The van der Waals surface area contributed by atoms with E-state index in [1.54, 1.807) is 30.3 Å². The van der Waals surface area contributed by atoms with E-state index in [0.29, 0.717) is 11.6 Å². The van der Waals surface area contributed by atoms with Gasteiger partial charge < -0.3 is 21.1 Å². The van der Waals surface area contributed by atoms with Gasteiger partial charge >= 0.3 is 12.0 Å². The van der Waals surface area contributed by atoms with E-state index in [-0.39, 0.29) is 6.42 Å². The van der Waals surface area contributed by atoms with Crippen molar-refractivity contribution >= 4 is 23.6 Å². The average Bonchev–Trinajstić information content (AvgIpc) is 2.68. The number of halogens is 3. The van der Waals surface area contributed by atoms with Gasteiger partial charge in [0.2, 0.25) is 0 Å². The molecular weight excluding hydrogens is 391 g/mol. The number of carbonyl (C=O) groups is 3. The van der Waals surface area contributed by atoms with Crippen LogP contribution >= 0.6 is 0 Å². The number of nitrogens with one attached hydrogen (secondary N) is 2. The molecule has 0 radical (unpaired) electrons. The van der Waals surface area contributed by atoms with Crippen LogP contribution in [-0.2, 0) is 20.7 Å². The number of primary amides is 1. The van der Waals surface area contributed by atoms with Crippen molar-refractivity contribution in [2.24, 2.45) is 5.73 Å². The van der Waals surface area contributed by atoms with E-state index >= 15 is 0 Å². The predicted molar refractivity (Wildman–Crippen MR) is 97.2 cm³/mol. The number of ether oxygens (including phenoxy) is 1. The molecule has 2 aromatic rings. The summed E-state index contributed by atoms with van der Waals surface area (Å²) in [5, 5.41) is 4.23. The SMILES string of the molecule is C[C@H](OC(=O)[C@H](Cc1ccccc1)NC(N)=O)C(=O)Nc1ccc(F)c(F)c1F. The number of esters is 1. The van der Waals surface area contributed by atoms with Gasteiger partial charge in [-0.3, -0.25) is 4.79 Å². The van der Waals surface area contributed by atoms with Crippen LogP contribution in [0.5, 0.6) is 0 Å². The molecule has 3 amide bonds. The van der Waals surface area contributed by atoms with Gasteiger partial charge in [0.1, 0.15) is 6.04 Å². The fourth-order valence-corrected chi connectivity index (χ4v) is 2.38. The van der Waals surface area contributed by atoms with Crippen molar-refractivity contribution < 1.29 is 32.3 Å². The van der Waals surface area contributed by atoms with Crippen molar-refractivity contribution in [3.8, 4) is 0 Å². The summed E-state index contributed by atoms with van der Waals surface area (Å²) in [5.41, 5.74) is 5.16. The van der Waals surface area contributed by atoms with Gasteiger partial charge in [-0.2, -0.15) is 0 Å². The molecule has 154 valence electrons. The summed E-state index contributed by atoms with van der Waals surface area (Å²) in [4.78, 5) is 35.7. The lowest BCUT2D eigenvalue weighted by Crippen LogP contribution is -2.47. The second kappa shape index (κ2) is 9.58. The van der Waals surface area contributed by atoms with Gasteiger partial charge in [0.25, 0.3) is 5.91 Å². The van der Waals surface area contributed by atoms with Crippen molar-refractivity contribution in [2.45, 2.75) is 25.5 Å². The number of urea groups is 1. The maximum Gasteiger partial charge on any atom is 0.329 e. The molecular formula is C19H18F3N3O4. The Balaban J connectivity index is 2.05. The standard InChI is InChI=1S/C19H18F3N3O4/c1-10(17(26)24-13-8-7-12(20)15(21)16(13)22)29-18(27)14(25-19(23)28)9-11-5-3-2-4-6-11/h2-8,10,14H,9H2,1H3,(H,24,26)(H3,23,25,28)/t10-,14-/m0/s1. The van der Waals surface area contributed by atoms with Gasteiger partial charge in [0.05, 0.1) is 5.69 Å². The monoisotopic (exact) mass is 409 g/mol. The lowest BCUT2D eigenvalue weighted by molar-refractivity contribution is -0.155. The summed E-state index contributed by atoms with van der Waals surface area (Å²) in [6, 6.07) is 7.97. The summed E-state index contributed by atoms with van der Waals surface area (Å²) in [6.07, 6.45) is -1.38. The summed E-state index contributed by atoms with van der Waals surface area (Å²) in [5.74, 6) is -6.70. The van der Waals surface area contributed by atoms with Crippen LogP contribution in [-0.4, -0.2) is 30.1 Å². The first-order chi connectivity index (χ1) is 13.7. The van der Waals surface area contributed by atoms with E-state index in [0.717, 1.165) is 6.07 Å². The predicted octanol–water partition coefficient (Wildman–Crippen LogP) is 2.25. The Kier molecular flexibility index (Phi) is 7.18. The highest BCUT2D eigenvalue weighted by Crippen LogP contribution is 2.20. The molecule has 0 heterocycles. The van der Waals surface area contributed by atoms with Crippen LogP contribution in [0, 0.1) is 17.5 Å². The summed E-state index contributed by atoms with van der Waals surface area (Å²) >= 11 is 0. The van der Waals surface area contributed by atoms with E-state index in [2.05, 4.69) is 5.32 Å². The first kappa shape index (κ1) is 21.7. The maximum atomic E-state index is 13.7. The minimum Gasteiger partial charge on any atom is -0.451 e. The maximum absolute atomic E-state index is 13.7. The molecule has 0 bridgehead atoms. The topological polar surface area (TPSA) is 111 Å². The van der Waals surface area contributed by atoms with Crippen LogP contribution in [0.1, 0.15) is 12.5 Å². The third-order valence-corrected chi connectivity index (χ3v) is 3.84. The van der Waals surface area contributed by atoms with Crippen LogP contribution in [0.3, 0.4) is 0 Å². The quantitative estimate of drug-likeness (QED) is 0.481. The Hall–Kier alpha value is -3.56. The summed E-state index contributed by atoms with van der Waals surface area (Å²) in [6.45, 7) is 1.19. The van der Waals surface area contributed by atoms with Crippen LogP contribution < -0.4 is 16.4 Å². The number of hydrogen-bond acceptors (Lipinski definition) is 4. The largest absolute Gasteiger partial charge is 0.451 e. The van der Waals surface area contributed by atoms with Gasteiger partial charge in [-0.25, -0.2) is 22.8 Å². The number of anilines is 1. The first-order valence-corrected chi connectivity index (χ1v) is 8.43. The molecule has 7 nitrogen and oxygen atoms in total. The highest BCUT2D eigenvalue weighted by Gasteiger charge is 2.27. The van der Waals surface area contributed by atoms with E-state index in [4.69, 9.17) is 10.5 Å². The number of hydrogen-bond donors (Lipinski definition) is 3. The van der Waals surface area contributed by atoms with Gasteiger partial charge in [0, 0.05) is 6.42 Å². The molecule has 2 atom stereocenters. The highest BCUT2D eigenvalue weighted by atomic mass is 19.2. The zero-order valence-corrected chi connectivity index (χ0v) is 15.2. The number of nitrogens with two attached hydrogens (primary N) is 1. The minimum absolute atomic E-state index is 0.0504. The van der Waals surface area contributed by atoms with E-state index in [1.165, 1.54) is 6.92 Å². The Morgan fingerprint density at radius 2 is 1.69 bits per heavy atom. The molecule has 0 saturated carbocycles. The Morgan fingerprint density at radius 1 is 1.03 bits per heavy atom. The molecule has 0 spiro atoms. The normalized spacial score (nSPS) is 12.6. The zero-order chi connectivity index (χ0) is 21.6. The van der Waals surface area contributed by atoms with Crippen LogP contribution in [0.25, 0.3) is 0 Å². The van der Waals surface area contributed by atoms with E-state index < -0.39 is 53.2 Å². The van der Waals surface area contributed by atoms with Gasteiger partial charge in [-0.05, 0) is 24.6 Å². The smallest absolute Gasteiger partial charge is 0.329 e. The Labute approximate surface area is 164 Å². The highest BCUT2D eigenvalue weighted by molar-refractivity contribution is 5.95. The molecule has 0 aromatic heterocycles. The number of amides is 3. The molecule has 0 saturated heterocycles. The lowest BCUT2D eigenvalue weighted by atomic mass is 10.1. The van der Waals surface area contributed by atoms with Gasteiger partial charge in [-0.1, -0.05) is 30.3 Å². The van der Waals surface area contributed by atoms with Crippen LogP contribution in [0.2, 0.25) is 0 Å². The minimum atomic E-state index is -1.75. The fourth-order valence-electron chi connectivity index (χ4n) is 2.38. The number of rotatable bonds is 7. The van der Waals surface area contributed by atoms with Gasteiger partial charge in [-0.15, -0.1) is 0 Å². The third kappa shape index (κ3) is 5.96. The Bertz CT molecular complexity index is 909. The zero-order valence-electron chi connectivity index (χ0n) is 15.2. The van der Waals surface area contributed by atoms with Crippen molar-refractivity contribution in [3.63, 3.8) is 0 Å². The van der Waals surface area contributed by atoms with Crippen LogP contribution in [0.4, 0.5) is 23.7 Å². The summed E-state index contributed by atoms with van der Waals surface area (Å²) < 4.78 is 44.9. The second-order valence-electron chi connectivity index (χ2n) is 6.04. The molecule has 0 aliphatic rings. The second-order valence-corrected chi connectivity index (χ2v) is 6.04. The van der Waals surface area contributed by atoms with E-state index in [1.807, 2.05) is 5.32 Å². The lowest BCUT2D eigenvalue weighted by Gasteiger charge is -2.20. The van der Waals surface area contributed by atoms with Crippen LogP contribution in [0.15, 0.2) is 42.5 Å². The van der Waals surface area contributed by atoms with Gasteiger partial charge in [0.15, 0.2) is 23.6 Å². The van der Waals surface area contributed by atoms with Crippen molar-refractivity contribution in [1.29, 1.82) is 0 Å². The van der Waals surface area contributed by atoms with E-state index in [9.17, 15) is 27.6 Å². The molecule has 0 aliphatic carbocycles. The Morgan fingerprint density at radius 3 is 2.31 bits per heavy atom. The summed E-state index contributed by atoms with van der Waals surface area (Å²) in [7, 11) is 0. The average molecular weight is 409 g/mol. The first-order valence-electron chi connectivity index (χ1n) is 8.43. The number of carbonyl (C=O) groups excluding carboxylic acids is 3. The van der Waals surface area contributed by atoms with Crippen molar-refractivity contribution in [2.75, 3.05) is 5.32 Å². The molecule has 29 heavy (non-hydrogen) atoms. The molecule has 0 unspecified atom stereocenters. The third-order valence-electron chi connectivity index (χ3n) is 3.84. The molecule has 10 heteroatoms.